The zero-order valence-corrected chi connectivity index (χ0v) is 23.5. The number of aromatic nitrogens is 5. The summed E-state index contributed by atoms with van der Waals surface area (Å²) in [6.07, 6.45) is 5.24. The first-order chi connectivity index (χ1) is 19.9. The number of benzene rings is 2. The van der Waals surface area contributed by atoms with Crippen molar-refractivity contribution in [3.63, 3.8) is 0 Å². The van der Waals surface area contributed by atoms with Crippen molar-refractivity contribution in [2.75, 3.05) is 13.1 Å². The number of carboxylic acid groups (broad SMARTS) is 1. The molecule has 41 heavy (non-hydrogen) atoms. The average Bonchev–Trinajstić information content (AvgIpc) is 3.61. The van der Waals surface area contributed by atoms with Gasteiger partial charge in [-0.3, -0.25) is 9.88 Å². The molecular weight excluding hydrogens is 567 g/mol. The summed E-state index contributed by atoms with van der Waals surface area (Å²) in [5, 5.41) is 9.85. The van der Waals surface area contributed by atoms with Gasteiger partial charge < -0.3 is 14.4 Å². The number of fused-ring (bicyclic) bond motifs is 1. The van der Waals surface area contributed by atoms with Crippen LogP contribution in [-0.2, 0) is 19.7 Å². The first kappa shape index (κ1) is 27.3. The minimum Gasteiger partial charge on any atom is -0.478 e. The van der Waals surface area contributed by atoms with E-state index in [1.807, 2.05) is 6.20 Å². The van der Waals surface area contributed by atoms with Gasteiger partial charge in [-0.15, -0.1) is 11.3 Å². The van der Waals surface area contributed by atoms with E-state index in [9.17, 15) is 14.3 Å². The molecule has 1 aliphatic heterocycles. The molecule has 0 atom stereocenters. The van der Waals surface area contributed by atoms with Crippen molar-refractivity contribution in [1.29, 1.82) is 0 Å². The number of carbonyl (C=O) groups is 1. The number of imidazole rings is 1. The predicted octanol–water partition coefficient (Wildman–Crippen LogP) is 5.78. The standard InChI is InChI=1S/C29H26ClFN6O3S/c30-21-3-1-20(23(31)12-21)16-40-27-5-8-33-28(35-27)18-6-9-36(10-7-18)15-26-34-24-4-2-19(29(38)39)11-25(24)37(26)14-22-13-32-17-41-22/h1-5,8,11-13,17-18H,6-7,9-10,14-16H2,(H,38,39). The lowest BCUT2D eigenvalue weighted by Crippen LogP contribution is -2.34. The molecule has 2 aromatic carbocycles. The van der Waals surface area contributed by atoms with E-state index >= 15 is 0 Å². The molecule has 3 aromatic heterocycles. The van der Waals surface area contributed by atoms with Gasteiger partial charge in [0.25, 0.3) is 0 Å². The van der Waals surface area contributed by atoms with E-state index in [1.54, 1.807) is 59.4 Å². The molecule has 6 rings (SSSR count). The quantitative estimate of drug-likeness (QED) is 0.230. The van der Waals surface area contributed by atoms with Gasteiger partial charge in [-0.1, -0.05) is 17.7 Å². The van der Waals surface area contributed by atoms with E-state index in [1.165, 1.54) is 6.07 Å². The molecule has 4 heterocycles. The Kier molecular flexibility index (Phi) is 7.91. The lowest BCUT2D eigenvalue weighted by molar-refractivity contribution is 0.0697. The summed E-state index contributed by atoms with van der Waals surface area (Å²) in [5.41, 5.74) is 4.00. The van der Waals surface area contributed by atoms with Crippen LogP contribution in [-0.4, -0.2) is 53.6 Å². The molecule has 0 radical (unpaired) electrons. The minimum absolute atomic E-state index is 0.0500. The highest BCUT2D eigenvalue weighted by Crippen LogP contribution is 2.29. The third-order valence-corrected chi connectivity index (χ3v) is 8.23. The van der Waals surface area contributed by atoms with E-state index < -0.39 is 11.8 Å². The Morgan fingerprint density at radius 3 is 2.73 bits per heavy atom. The molecule has 0 spiro atoms. The number of aromatic carboxylic acids is 1. The summed E-state index contributed by atoms with van der Waals surface area (Å²) in [6, 6.07) is 11.2. The molecule has 0 aliphatic carbocycles. The number of rotatable bonds is 9. The highest BCUT2D eigenvalue weighted by atomic mass is 35.5. The Labute approximate surface area is 244 Å². The Balaban J connectivity index is 1.13. The van der Waals surface area contributed by atoms with Crippen LogP contribution in [0.1, 0.15) is 51.2 Å². The fourth-order valence-corrected chi connectivity index (χ4v) is 5.79. The molecule has 1 saturated heterocycles. The van der Waals surface area contributed by atoms with E-state index in [0.29, 0.717) is 29.6 Å². The smallest absolute Gasteiger partial charge is 0.335 e. The van der Waals surface area contributed by atoms with Gasteiger partial charge in [0.2, 0.25) is 5.88 Å². The maximum Gasteiger partial charge on any atom is 0.335 e. The van der Waals surface area contributed by atoms with Crippen molar-refractivity contribution in [1.82, 2.24) is 29.4 Å². The van der Waals surface area contributed by atoms with Crippen molar-refractivity contribution >= 4 is 39.9 Å². The molecule has 1 N–H and O–H groups in total. The van der Waals surface area contributed by atoms with Crippen molar-refractivity contribution in [2.24, 2.45) is 0 Å². The number of ether oxygens (including phenoxy) is 1. The van der Waals surface area contributed by atoms with Gasteiger partial charge in [0, 0.05) is 39.8 Å². The van der Waals surface area contributed by atoms with E-state index in [-0.39, 0.29) is 18.1 Å². The van der Waals surface area contributed by atoms with Gasteiger partial charge in [0.1, 0.15) is 24.1 Å². The van der Waals surface area contributed by atoms with Crippen LogP contribution in [0.25, 0.3) is 11.0 Å². The van der Waals surface area contributed by atoms with Crippen LogP contribution >= 0.6 is 22.9 Å². The van der Waals surface area contributed by atoms with Crippen molar-refractivity contribution < 1.29 is 19.0 Å². The summed E-state index contributed by atoms with van der Waals surface area (Å²) in [4.78, 5) is 33.2. The third-order valence-electron chi connectivity index (χ3n) is 7.23. The lowest BCUT2D eigenvalue weighted by Gasteiger charge is -2.31. The molecular formula is C29H26ClFN6O3S. The van der Waals surface area contributed by atoms with Crippen LogP contribution in [0.5, 0.6) is 5.88 Å². The Bertz CT molecular complexity index is 1690. The second-order valence-electron chi connectivity index (χ2n) is 9.92. The highest BCUT2D eigenvalue weighted by molar-refractivity contribution is 7.09. The van der Waals surface area contributed by atoms with Crippen molar-refractivity contribution in [3.05, 3.63) is 98.9 Å². The predicted molar refractivity (Wildman–Crippen MR) is 153 cm³/mol. The number of carboxylic acids is 1. The Morgan fingerprint density at radius 1 is 1.12 bits per heavy atom. The van der Waals surface area contributed by atoms with E-state index in [2.05, 4.69) is 24.4 Å². The number of thiazole rings is 1. The largest absolute Gasteiger partial charge is 0.478 e. The second kappa shape index (κ2) is 11.9. The van der Waals surface area contributed by atoms with Crippen LogP contribution in [0, 0.1) is 5.82 Å². The lowest BCUT2D eigenvalue weighted by atomic mass is 9.96. The van der Waals surface area contributed by atoms with Crippen molar-refractivity contribution in [2.45, 2.75) is 38.5 Å². The second-order valence-corrected chi connectivity index (χ2v) is 11.3. The highest BCUT2D eigenvalue weighted by Gasteiger charge is 2.25. The molecule has 1 fully saturated rings. The number of likely N-dealkylation sites (tertiary alicyclic amines) is 1. The summed E-state index contributed by atoms with van der Waals surface area (Å²) in [6.45, 7) is 2.93. The van der Waals surface area contributed by atoms with Gasteiger partial charge in [0.05, 0.1) is 35.2 Å². The number of halogens is 2. The minimum atomic E-state index is -0.963. The molecule has 0 unspecified atom stereocenters. The SMILES string of the molecule is O=C(O)c1ccc2nc(CN3CCC(c4nccc(OCc5ccc(Cl)cc5F)n4)CC3)n(Cc3cncs3)c2c1. The van der Waals surface area contributed by atoms with Gasteiger partial charge in [-0.25, -0.2) is 19.2 Å². The van der Waals surface area contributed by atoms with Gasteiger partial charge in [-0.2, -0.15) is 4.98 Å². The van der Waals surface area contributed by atoms with Crippen LogP contribution < -0.4 is 4.74 Å². The molecule has 5 aromatic rings. The van der Waals surface area contributed by atoms with Crippen LogP contribution in [0.2, 0.25) is 5.02 Å². The summed E-state index contributed by atoms with van der Waals surface area (Å²) in [7, 11) is 0. The fraction of sp³-hybridized carbons (Fsp3) is 0.276. The average molecular weight is 593 g/mol. The Hall–Kier alpha value is -3.93. The maximum absolute atomic E-state index is 14.1. The van der Waals surface area contributed by atoms with Gasteiger partial charge in [-0.05, 0) is 56.3 Å². The fourth-order valence-electron chi connectivity index (χ4n) is 5.05. The topological polar surface area (TPSA) is 106 Å². The number of hydrogen-bond donors (Lipinski definition) is 1. The van der Waals surface area contributed by atoms with Crippen LogP contribution in [0.3, 0.4) is 0 Å². The molecule has 9 nitrogen and oxygen atoms in total. The zero-order valence-electron chi connectivity index (χ0n) is 21.9. The summed E-state index contributed by atoms with van der Waals surface area (Å²) in [5.74, 6) is 0.810. The Morgan fingerprint density at radius 2 is 1.98 bits per heavy atom. The normalized spacial score (nSPS) is 14.5. The monoisotopic (exact) mass is 592 g/mol. The first-order valence-corrected chi connectivity index (χ1v) is 14.4. The number of hydrogen-bond acceptors (Lipinski definition) is 8. The molecule has 0 bridgehead atoms. The van der Waals surface area contributed by atoms with Gasteiger partial charge >= 0.3 is 5.97 Å². The third kappa shape index (κ3) is 6.22. The number of piperidine rings is 1. The van der Waals surface area contributed by atoms with Crippen molar-refractivity contribution in [3.8, 4) is 5.88 Å². The zero-order chi connectivity index (χ0) is 28.3. The van der Waals surface area contributed by atoms with E-state index in [4.69, 9.17) is 21.3 Å². The number of nitrogens with zero attached hydrogens (tertiary/aromatic N) is 6. The van der Waals surface area contributed by atoms with E-state index in [0.717, 1.165) is 53.5 Å². The molecule has 1 aliphatic rings. The summed E-state index contributed by atoms with van der Waals surface area (Å²) >= 11 is 7.40. The maximum atomic E-state index is 14.1. The molecule has 0 saturated carbocycles. The molecule has 0 amide bonds. The molecule has 210 valence electrons. The van der Waals surface area contributed by atoms with Gasteiger partial charge in [0.15, 0.2) is 0 Å². The van der Waals surface area contributed by atoms with Crippen LogP contribution in [0.15, 0.2) is 60.4 Å². The van der Waals surface area contributed by atoms with Crippen LogP contribution in [0.4, 0.5) is 4.39 Å². The summed E-state index contributed by atoms with van der Waals surface area (Å²) < 4.78 is 22.0. The molecule has 12 heteroatoms. The first-order valence-electron chi connectivity index (χ1n) is 13.1.